The van der Waals surface area contributed by atoms with Crippen LogP contribution in [-0.4, -0.2) is 35.0 Å². The Morgan fingerprint density at radius 1 is 1.12 bits per heavy atom. The van der Waals surface area contributed by atoms with Gasteiger partial charge in [0.1, 0.15) is 11.6 Å². The molecule has 0 radical (unpaired) electrons. The van der Waals surface area contributed by atoms with Crippen LogP contribution in [0.25, 0.3) is 10.9 Å². The summed E-state index contributed by atoms with van der Waals surface area (Å²) in [6, 6.07) is 14.3. The van der Waals surface area contributed by atoms with Crippen LogP contribution in [-0.2, 0) is 4.79 Å². The molecular formula is C29H27Br2FN4O4. The van der Waals surface area contributed by atoms with Crippen molar-refractivity contribution in [2.24, 2.45) is 5.10 Å². The predicted octanol–water partition coefficient (Wildman–Crippen LogP) is 6.87. The first-order chi connectivity index (χ1) is 19.2. The van der Waals surface area contributed by atoms with Crippen molar-refractivity contribution in [1.29, 1.82) is 0 Å². The van der Waals surface area contributed by atoms with Crippen LogP contribution in [0.15, 0.2) is 73.4 Å². The Balaban J connectivity index is 1.62. The second-order valence-electron chi connectivity index (χ2n) is 8.91. The molecule has 1 atom stereocenters. The number of benzene rings is 3. The van der Waals surface area contributed by atoms with Crippen LogP contribution >= 0.6 is 31.9 Å². The number of nitrogens with one attached hydrogen (secondary N) is 1. The standard InChI is InChI=1S/C29H27Br2FN4O4/c1-4-17(3)28-35-24-11-6-19(30)14-22(24)29(38)36(28)33-15-18-12-23(31)27(25(13-18)39-5-2)40-16-26(37)34-21-9-7-20(32)8-10-21/h6-15,17H,4-5,16H2,1-3H3,(H,34,37)/t17-/m0/s1. The molecule has 0 aliphatic carbocycles. The van der Waals surface area contributed by atoms with E-state index in [2.05, 4.69) is 42.3 Å². The summed E-state index contributed by atoms with van der Waals surface area (Å²) in [5.74, 6) is 0.481. The average Bonchev–Trinajstić information content (AvgIpc) is 2.93. The fraction of sp³-hybridized carbons (Fsp3) is 0.241. The van der Waals surface area contributed by atoms with Crippen molar-refractivity contribution in [3.63, 3.8) is 0 Å². The van der Waals surface area contributed by atoms with Gasteiger partial charge in [-0.15, -0.1) is 0 Å². The highest BCUT2D eigenvalue weighted by atomic mass is 79.9. The highest BCUT2D eigenvalue weighted by Crippen LogP contribution is 2.36. The van der Waals surface area contributed by atoms with E-state index >= 15 is 0 Å². The molecule has 0 bridgehead atoms. The minimum atomic E-state index is -0.418. The number of hydrogen-bond donors (Lipinski definition) is 1. The summed E-state index contributed by atoms with van der Waals surface area (Å²) in [7, 11) is 0. The monoisotopic (exact) mass is 672 g/mol. The van der Waals surface area contributed by atoms with Gasteiger partial charge in [0.2, 0.25) is 0 Å². The van der Waals surface area contributed by atoms with E-state index in [1.807, 2.05) is 32.9 Å². The molecule has 0 saturated carbocycles. The van der Waals surface area contributed by atoms with E-state index < -0.39 is 11.7 Å². The number of hydrogen-bond acceptors (Lipinski definition) is 6. The highest BCUT2D eigenvalue weighted by Gasteiger charge is 2.17. The van der Waals surface area contributed by atoms with Crippen molar-refractivity contribution in [2.75, 3.05) is 18.5 Å². The molecule has 3 aromatic carbocycles. The maximum atomic E-state index is 13.4. The number of anilines is 1. The van der Waals surface area contributed by atoms with Crippen LogP contribution in [0.5, 0.6) is 11.5 Å². The zero-order chi connectivity index (χ0) is 28.8. The van der Waals surface area contributed by atoms with Gasteiger partial charge in [-0.2, -0.15) is 9.78 Å². The summed E-state index contributed by atoms with van der Waals surface area (Å²) in [6.07, 6.45) is 2.34. The molecule has 0 spiro atoms. The van der Waals surface area contributed by atoms with Crippen LogP contribution in [0.3, 0.4) is 0 Å². The second kappa shape index (κ2) is 13.2. The number of rotatable bonds is 10. The van der Waals surface area contributed by atoms with E-state index in [4.69, 9.17) is 14.5 Å². The normalized spacial score (nSPS) is 12.1. The number of halogens is 3. The van der Waals surface area contributed by atoms with Gasteiger partial charge in [-0.1, -0.05) is 29.8 Å². The highest BCUT2D eigenvalue weighted by molar-refractivity contribution is 9.10. The van der Waals surface area contributed by atoms with Gasteiger partial charge in [0.25, 0.3) is 11.5 Å². The van der Waals surface area contributed by atoms with E-state index in [1.165, 1.54) is 28.9 Å². The lowest BCUT2D eigenvalue weighted by Crippen LogP contribution is -2.23. The molecule has 0 aliphatic rings. The van der Waals surface area contributed by atoms with Crippen molar-refractivity contribution < 1.29 is 18.7 Å². The number of carbonyl (C=O) groups is 1. The van der Waals surface area contributed by atoms with Gasteiger partial charge in [-0.3, -0.25) is 9.59 Å². The largest absolute Gasteiger partial charge is 0.490 e. The Morgan fingerprint density at radius 3 is 2.58 bits per heavy atom. The van der Waals surface area contributed by atoms with Crippen LogP contribution in [0.4, 0.5) is 10.1 Å². The van der Waals surface area contributed by atoms with Gasteiger partial charge < -0.3 is 14.8 Å². The molecule has 208 valence electrons. The number of nitrogens with zero attached hydrogens (tertiary/aromatic N) is 3. The van der Waals surface area contributed by atoms with Gasteiger partial charge in [-0.25, -0.2) is 9.37 Å². The Labute approximate surface area is 247 Å². The molecule has 1 heterocycles. The lowest BCUT2D eigenvalue weighted by Gasteiger charge is -2.15. The zero-order valence-corrected chi connectivity index (χ0v) is 25.3. The van der Waals surface area contributed by atoms with Crippen LogP contribution < -0.4 is 20.3 Å². The average molecular weight is 674 g/mol. The Kier molecular flexibility index (Phi) is 9.70. The van der Waals surface area contributed by atoms with E-state index in [-0.39, 0.29) is 18.1 Å². The molecular weight excluding hydrogens is 647 g/mol. The van der Waals surface area contributed by atoms with Crippen molar-refractivity contribution in [3.8, 4) is 11.5 Å². The summed E-state index contributed by atoms with van der Waals surface area (Å²) in [4.78, 5) is 30.5. The topological polar surface area (TPSA) is 94.8 Å². The fourth-order valence-electron chi connectivity index (χ4n) is 3.84. The first-order valence-corrected chi connectivity index (χ1v) is 14.2. The summed E-state index contributed by atoms with van der Waals surface area (Å²) in [6.45, 7) is 5.92. The van der Waals surface area contributed by atoms with E-state index in [1.54, 1.807) is 24.4 Å². The number of fused-ring (bicyclic) bond motifs is 1. The third-order valence-corrected chi connectivity index (χ3v) is 7.10. The van der Waals surface area contributed by atoms with Gasteiger partial charge in [0.05, 0.1) is 28.2 Å². The first-order valence-electron chi connectivity index (χ1n) is 12.6. The SMILES string of the molecule is CCOc1cc(C=Nn2c([C@@H](C)CC)nc3ccc(Br)cc3c2=O)cc(Br)c1OCC(=O)Nc1ccc(F)cc1. The summed E-state index contributed by atoms with van der Waals surface area (Å²) in [5, 5.41) is 7.62. The molecule has 0 aliphatic heterocycles. The van der Waals surface area contributed by atoms with Crippen LogP contribution in [0.1, 0.15) is 44.5 Å². The molecule has 0 fully saturated rings. The lowest BCUT2D eigenvalue weighted by molar-refractivity contribution is -0.118. The van der Waals surface area contributed by atoms with E-state index in [0.717, 1.165) is 10.9 Å². The molecule has 0 saturated heterocycles. The van der Waals surface area contributed by atoms with Crippen LogP contribution in [0, 0.1) is 5.82 Å². The van der Waals surface area contributed by atoms with Crippen molar-refractivity contribution in [3.05, 3.63) is 91.1 Å². The van der Waals surface area contributed by atoms with E-state index in [9.17, 15) is 14.0 Å². The number of aromatic nitrogens is 2. The van der Waals surface area contributed by atoms with Crippen molar-refractivity contribution in [2.45, 2.75) is 33.1 Å². The molecule has 8 nitrogen and oxygen atoms in total. The summed E-state index contributed by atoms with van der Waals surface area (Å²) < 4.78 is 27.3. The van der Waals surface area contributed by atoms with E-state index in [0.29, 0.717) is 50.6 Å². The van der Waals surface area contributed by atoms with Gasteiger partial charge in [-0.05, 0) is 89.4 Å². The maximum Gasteiger partial charge on any atom is 0.282 e. The molecule has 11 heteroatoms. The molecule has 40 heavy (non-hydrogen) atoms. The minimum Gasteiger partial charge on any atom is -0.490 e. The number of carbonyl (C=O) groups excluding carboxylic acids is 1. The lowest BCUT2D eigenvalue weighted by atomic mass is 10.1. The van der Waals surface area contributed by atoms with Gasteiger partial charge >= 0.3 is 0 Å². The third kappa shape index (κ3) is 6.95. The van der Waals surface area contributed by atoms with Gasteiger partial charge in [0.15, 0.2) is 18.1 Å². The molecule has 1 amide bonds. The molecule has 4 rings (SSSR count). The fourth-order valence-corrected chi connectivity index (χ4v) is 4.77. The predicted molar refractivity (Wildman–Crippen MR) is 161 cm³/mol. The zero-order valence-electron chi connectivity index (χ0n) is 22.1. The first kappa shape index (κ1) is 29.4. The number of amides is 1. The smallest absolute Gasteiger partial charge is 0.282 e. The summed E-state index contributed by atoms with van der Waals surface area (Å²) >= 11 is 6.92. The third-order valence-electron chi connectivity index (χ3n) is 6.02. The Morgan fingerprint density at radius 2 is 1.88 bits per heavy atom. The summed E-state index contributed by atoms with van der Waals surface area (Å²) in [5.41, 5.74) is 1.43. The minimum absolute atomic E-state index is 0.000417. The molecule has 1 aromatic heterocycles. The van der Waals surface area contributed by atoms with Crippen molar-refractivity contribution in [1.82, 2.24) is 9.66 Å². The van der Waals surface area contributed by atoms with Crippen LogP contribution in [0.2, 0.25) is 0 Å². The van der Waals surface area contributed by atoms with Gasteiger partial charge in [0, 0.05) is 16.1 Å². The van der Waals surface area contributed by atoms with Crippen molar-refractivity contribution >= 4 is 60.6 Å². The maximum absolute atomic E-state index is 13.4. The number of ether oxygens (including phenoxy) is 2. The Bertz CT molecular complexity index is 1620. The Hall–Kier alpha value is -3.57. The second-order valence-corrected chi connectivity index (χ2v) is 10.7. The molecule has 1 N–H and O–H groups in total. The molecule has 0 unspecified atom stereocenters. The molecule has 4 aromatic rings. The quantitative estimate of drug-likeness (QED) is 0.185.